The van der Waals surface area contributed by atoms with Gasteiger partial charge in [0, 0.05) is 123 Å². The molecule has 35 nitrogen and oxygen atoms in total. The quantitative estimate of drug-likeness (QED) is 0.0198. The molecule has 0 saturated carbocycles. The van der Waals surface area contributed by atoms with E-state index in [2.05, 4.69) is 40.9 Å². The van der Waals surface area contributed by atoms with E-state index in [-0.39, 0.29) is 164 Å². The van der Waals surface area contributed by atoms with Crippen LogP contribution in [0.2, 0.25) is 0 Å². The summed E-state index contributed by atoms with van der Waals surface area (Å²) >= 11 is 0. The summed E-state index contributed by atoms with van der Waals surface area (Å²) in [6.45, 7) is 4.19. The van der Waals surface area contributed by atoms with Crippen LogP contribution in [0, 0.1) is 13.8 Å². The number of carbonyl (C=O) groups excluding carboxylic acids is 4. The maximum atomic E-state index is 13.6. The van der Waals surface area contributed by atoms with Crippen molar-refractivity contribution in [2.75, 3.05) is 155 Å². The lowest BCUT2D eigenvalue weighted by Crippen LogP contribution is -2.53. The van der Waals surface area contributed by atoms with Crippen molar-refractivity contribution >= 4 is 91.0 Å². The molecule has 13 N–H and O–H groups in total. The smallest absolute Gasteiger partial charge is 0.353 e. The van der Waals surface area contributed by atoms with Gasteiger partial charge in [0.1, 0.15) is 17.4 Å². The van der Waals surface area contributed by atoms with Crippen LogP contribution in [-0.2, 0) is 71.4 Å². The lowest BCUT2D eigenvalue weighted by Gasteiger charge is -2.33. The molecule has 96 heavy (non-hydrogen) atoms. The molecule has 5 rings (SSSR count). The van der Waals surface area contributed by atoms with Gasteiger partial charge in [-0.25, -0.2) is 9.78 Å². The fraction of sp³-hybridized carbons (Fsp3) is 0.542. The molecule has 3 heterocycles. The van der Waals surface area contributed by atoms with Crippen molar-refractivity contribution in [1.29, 1.82) is 0 Å². The number of aromatic amines is 1. The predicted octanol–water partition coefficient (Wildman–Crippen LogP) is -0.460. The fourth-order valence-corrected chi connectivity index (χ4v) is 12.1. The number of nitrogens with one attached hydrogen (secondary N) is 6. The fourth-order valence-electron chi connectivity index (χ4n) is 9.94. The highest BCUT2D eigenvalue weighted by molar-refractivity contribution is 8.19. The zero-order valence-electron chi connectivity index (χ0n) is 53.7. The van der Waals surface area contributed by atoms with E-state index in [1.165, 1.54) is 32.2 Å². The van der Waals surface area contributed by atoms with Gasteiger partial charge in [-0.3, -0.25) is 58.0 Å². The highest BCUT2D eigenvalue weighted by Gasteiger charge is 2.30. The Kier molecular flexibility index (Phi) is 32.5. The first kappa shape index (κ1) is 78.5. The van der Waals surface area contributed by atoms with E-state index >= 15 is 0 Å². The number of benzene rings is 2. The van der Waals surface area contributed by atoms with Gasteiger partial charge in [0.05, 0.1) is 92.8 Å². The number of aryl methyl sites for hydroxylation is 3. The molecule has 0 unspecified atom stereocenters. The van der Waals surface area contributed by atoms with Crippen LogP contribution in [0.4, 0.5) is 5.95 Å². The number of rotatable bonds is 40. The van der Waals surface area contributed by atoms with E-state index in [4.69, 9.17) is 18.9 Å². The Bertz CT molecular complexity index is 3420. The first-order valence-electron chi connectivity index (χ1n) is 30.6. The van der Waals surface area contributed by atoms with Crippen molar-refractivity contribution in [2.45, 2.75) is 57.0 Å². The Morgan fingerprint density at radius 2 is 1.21 bits per heavy atom. The van der Waals surface area contributed by atoms with Crippen LogP contribution in [0.5, 0.6) is 5.75 Å². The summed E-state index contributed by atoms with van der Waals surface area (Å²) in [5.74, 6) is -7.87. The summed E-state index contributed by atoms with van der Waals surface area (Å²) in [6.07, 6.45) is 5.85. The molecule has 4 amide bonds. The van der Waals surface area contributed by atoms with Crippen LogP contribution >= 0.6 is 10.9 Å². The third kappa shape index (κ3) is 28.6. The Balaban J connectivity index is 0.925. The Morgan fingerprint density at radius 3 is 1.72 bits per heavy atom. The number of aliphatic carboxylic acids is 4. The third-order valence-electron chi connectivity index (χ3n) is 14.6. The number of carboxylic acid groups (broad SMARTS) is 4. The number of imidazole rings is 1. The Hall–Kier alpha value is -8.21. The predicted molar refractivity (Wildman–Crippen MR) is 349 cm³/mol. The minimum absolute atomic E-state index is 0.0479. The molecule has 37 heteroatoms. The second kappa shape index (κ2) is 39.7. The standard InChI is InChI=1S/C59H87N13O22S2/c1-40-29-43(30-41(2)55(40)96(89,90)67-46(58(84)85)33-64-56(82)45-34-68(3)48-31-42(8-9-44(48)54(45)81)32-65-59-62-12-13-63-59)94-24-4-7-49(73)60-10-5-22-91-25-27-93-28-26-92-23-6-11-61-57(83)47(39-95(86,87)88)66-50(74)35-69-14-16-70(36-51(75)76)18-20-72(38-53(79)80)21-19-71(17-15-69)37-52(77)78/h8-9,12-13,29-31,34,47,86-88H,4-7,10-11,14-28,32-33,35-39H2,1-3H3,(H,60,73)(H,61,83)(H,64,82)(H,66,74)(H,75,76)(H,77,78)(H,79,80)(H,84,85)(H2,62,63,65)/t47-/m1/s1. The average molecular weight is 1390 g/mol. The SMILES string of the molecule is Cc1cc(OCCCC(=O)NCCCOCCOCCOCCCNC(=O)[C@@H](CS(O)(O)O)NC(=O)CN2CCN(CC(=O)O)CCN(CC(=O)O)CCN(CC(=O)O)CC2)cc(C)c1S(=O)(=O)N=C(CNC(=O)c1cn(C)c2cc(CNc3ncc[nH]3)ccc2c1=O)C(=O)O. The van der Waals surface area contributed by atoms with E-state index in [0.29, 0.717) is 56.2 Å². The monoisotopic (exact) mass is 1390 g/mol. The van der Waals surface area contributed by atoms with Gasteiger partial charge in [-0.1, -0.05) is 6.07 Å². The van der Waals surface area contributed by atoms with E-state index in [0.717, 1.165) is 5.56 Å². The second-order valence-corrected chi connectivity index (χ2v) is 25.5. The van der Waals surface area contributed by atoms with Crippen molar-refractivity contribution in [1.82, 2.24) is 55.4 Å². The third-order valence-corrected chi connectivity index (χ3v) is 17.0. The number of ether oxygens (including phenoxy) is 4. The molecule has 1 saturated heterocycles. The highest BCUT2D eigenvalue weighted by atomic mass is 32.3. The van der Waals surface area contributed by atoms with E-state index < -0.39 is 92.0 Å². The molecule has 2 aromatic heterocycles. The van der Waals surface area contributed by atoms with E-state index in [1.807, 2.05) is 0 Å². The molecule has 0 aliphatic carbocycles. The summed E-state index contributed by atoms with van der Waals surface area (Å²) in [5.41, 5.74) is -0.0558. The van der Waals surface area contributed by atoms with E-state index in [1.54, 1.807) is 61.8 Å². The van der Waals surface area contributed by atoms with Crippen molar-refractivity contribution < 1.29 is 99.8 Å². The van der Waals surface area contributed by atoms with E-state index in [9.17, 15) is 85.7 Å². The van der Waals surface area contributed by atoms with Crippen LogP contribution in [0.25, 0.3) is 10.9 Å². The summed E-state index contributed by atoms with van der Waals surface area (Å²) in [4.78, 5) is 126. The number of fused-ring (bicyclic) bond motifs is 1. The minimum atomic E-state index is -4.65. The number of pyridine rings is 1. The average Bonchev–Trinajstić information content (AvgIpc) is 0.850. The lowest BCUT2D eigenvalue weighted by molar-refractivity contribution is -0.140. The van der Waals surface area contributed by atoms with Gasteiger partial charge in [-0.15, -0.1) is 0 Å². The molecule has 0 bridgehead atoms. The second-order valence-electron chi connectivity index (χ2n) is 22.4. The number of anilines is 1. The number of hydrogen-bond acceptors (Lipinski definition) is 24. The number of carboxylic acids is 4. The van der Waals surface area contributed by atoms with Crippen LogP contribution in [0.1, 0.15) is 52.7 Å². The van der Waals surface area contributed by atoms with Crippen LogP contribution in [-0.4, -0.2) is 286 Å². The molecule has 532 valence electrons. The molecule has 4 aromatic rings. The number of H-pyrrole nitrogens is 1. The lowest BCUT2D eigenvalue weighted by atomic mass is 10.1. The molecule has 2 aromatic carbocycles. The first-order valence-corrected chi connectivity index (χ1v) is 33.7. The normalized spacial score (nSPS) is 14.8. The number of nitrogens with zero attached hydrogens (tertiary/aromatic N) is 7. The van der Waals surface area contributed by atoms with Gasteiger partial charge in [0.2, 0.25) is 23.2 Å². The van der Waals surface area contributed by atoms with Crippen molar-refractivity contribution in [2.24, 2.45) is 11.4 Å². The van der Waals surface area contributed by atoms with Gasteiger partial charge in [-0.2, -0.15) is 12.8 Å². The summed E-state index contributed by atoms with van der Waals surface area (Å²) < 4.78 is 84.2. The Morgan fingerprint density at radius 1 is 0.677 bits per heavy atom. The first-order chi connectivity index (χ1) is 45.6. The zero-order valence-corrected chi connectivity index (χ0v) is 55.3. The summed E-state index contributed by atoms with van der Waals surface area (Å²) in [7, 11) is -7.28. The molecule has 1 atom stereocenters. The number of aromatic nitrogens is 3. The highest BCUT2D eigenvalue weighted by Crippen LogP contribution is 2.33. The van der Waals surface area contributed by atoms with Crippen LogP contribution in [0.15, 0.2) is 63.0 Å². The number of amides is 4. The van der Waals surface area contributed by atoms with Crippen LogP contribution in [0.3, 0.4) is 0 Å². The molecular weight excluding hydrogens is 1310 g/mol. The van der Waals surface area contributed by atoms with Gasteiger partial charge in [-0.05, 0) is 74.1 Å². The topological polar surface area (TPSA) is 485 Å². The van der Waals surface area contributed by atoms with Gasteiger partial charge >= 0.3 is 23.9 Å². The number of carbonyl (C=O) groups is 8. The largest absolute Gasteiger partial charge is 0.494 e. The van der Waals surface area contributed by atoms with Crippen molar-refractivity contribution in [3.05, 3.63) is 81.4 Å². The molecule has 1 aliphatic heterocycles. The maximum Gasteiger partial charge on any atom is 0.353 e. The summed E-state index contributed by atoms with van der Waals surface area (Å²) in [5, 5.41) is 51.7. The molecular formula is C59H87N13O22S2. The Labute approximate surface area is 555 Å². The van der Waals surface area contributed by atoms with Crippen molar-refractivity contribution in [3.8, 4) is 5.75 Å². The minimum Gasteiger partial charge on any atom is -0.494 e. The molecule has 0 spiro atoms. The summed E-state index contributed by atoms with van der Waals surface area (Å²) in [6, 6.07) is 6.37. The molecule has 1 fully saturated rings. The molecule has 0 radical (unpaired) electrons. The number of hydrogen-bond donors (Lipinski definition) is 13. The number of sulfonamides is 1. The van der Waals surface area contributed by atoms with Crippen LogP contribution < -0.4 is 36.7 Å². The van der Waals surface area contributed by atoms with Gasteiger partial charge < -0.3 is 89.2 Å². The van der Waals surface area contributed by atoms with Gasteiger partial charge in [0.15, 0.2) is 11.7 Å². The molecule has 1 aliphatic rings. The van der Waals surface area contributed by atoms with Gasteiger partial charge in [0.25, 0.3) is 15.9 Å². The van der Waals surface area contributed by atoms with Crippen molar-refractivity contribution in [3.63, 3.8) is 0 Å². The zero-order chi connectivity index (χ0) is 70.4. The maximum absolute atomic E-state index is 13.6.